The van der Waals surface area contributed by atoms with Gasteiger partial charge in [-0.2, -0.15) is 0 Å². The third-order valence-electron chi connectivity index (χ3n) is 3.76. The van der Waals surface area contributed by atoms with E-state index in [-0.39, 0.29) is 35.7 Å². The number of halogens is 4. The van der Waals surface area contributed by atoms with Crippen LogP contribution in [0.5, 0.6) is 11.5 Å². The molecular formula is C19H18BrF3O3. The molecular weight excluding hydrogens is 413 g/mol. The van der Waals surface area contributed by atoms with Gasteiger partial charge >= 0.3 is 5.97 Å². The van der Waals surface area contributed by atoms with Gasteiger partial charge < -0.3 is 9.47 Å². The average Bonchev–Trinajstić information content (AvgIpc) is 2.60. The first-order valence-corrected chi connectivity index (χ1v) is 8.87. The van der Waals surface area contributed by atoms with E-state index < -0.39 is 18.2 Å². The number of hydrogen-bond acceptors (Lipinski definition) is 3. The quantitative estimate of drug-likeness (QED) is 0.400. The fourth-order valence-electron chi connectivity index (χ4n) is 2.30. The van der Waals surface area contributed by atoms with E-state index in [4.69, 9.17) is 9.47 Å². The van der Waals surface area contributed by atoms with Crippen LogP contribution < -0.4 is 9.47 Å². The van der Waals surface area contributed by atoms with Crippen LogP contribution in [-0.2, 0) is 17.8 Å². The minimum absolute atomic E-state index is 0.168. The minimum atomic E-state index is -2.80. The maximum Gasteiger partial charge on any atom is 0.310 e. The van der Waals surface area contributed by atoms with E-state index in [1.165, 1.54) is 0 Å². The Morgan fingerprint density at radius 1 is 1.19 bits per heavy atom. The molecule has 0 unspecified atom stereocenters. The van der Waals surface area contributed by atoms with Gasteiger partial charge in [-0.3, -0.25) is 4.79 Å². The molecule has 0 bridgehead atoms. The van der Waals surface area contributed by atoms with Gasteiger partial charge in [0.25, 0.3) is 6.43 Å². The largest absolute Gasteiger partial charge is 0.488 e. The Kier molecular flexibility index (Phi) is 7.08. The Morgan fingerprint density at radius 3 is 2.54 bits per heavy atom. The molecule has 26 heavy (non-hydrogen) atoms. The Morgan fingerprint density at radius 2 is 1.92 bits per heavy atom. The van der Waals surface area contributed by atoms with E-state index in [9.17, 15) is 18.0 Å². The van der Waals surface area contributed by atoms with Gasteiger partial charge in [0, 0.05) is 22.5 Å². The second-order valence-corrected chi connectivity index (χ2v) is 6.32. The summed E-state index contributed by atoms with van der Waals surface area (Å²) < 4.78 is 51.9. The second-order valence-electron chi connectivity index (χ2n) is 5.47. The van der Waals surface area contributed by atoms with Crippen LogP contribution in [0.25, 0.3) is 0 Å². The lowest BCUT2D eigenvalue weighted by Crippen LogP contribution is -2.09. The van der Waals surface area contributed by atoms with Crippen molar-refractivity contribution in [2.75, 3.05) is 0 Å². The van der Waals surface area contributed by atoms with Crippen molar-refractivity contribution in [2.24, 2.45) is 0 Å². The molecule has 0 aliphatic heterocycles. The number of esters is 1. The van der Waals surface area contributed by atoms with Gasteiger partial charge in [-0.15, -0.1) is 0 Å². The van der Waals surface area contributed by atoms with Gasteiger partial charge in [0.05, 0.1) is 5.56 Å². The molecule has 140 valence electrons. The topological polar surface area (TPSA) is 35.5 Å². The normalized spacial score (nSPS) is 10.9. The van der Waals surface area contributed by atoms with Crippen molar-refractivity contribution in [3.63, 3.8) is 0 Å². The number of carbonyl (C=O) groups excluding carboxylic acids is 1. The third kappa shape index (κ3) is 4.78. The predicted molar refractivity (Wildman–Crippen MR) is 95.1 cm³/mol. The Labute approximate surface area is 158 Å². The van der Waals surface area contributed by atoms with Gasteiger partial charge in [-0.1, -0.05) is 35.8 Å². The molecule has 0 saturated carbocycles. The monoisotopic (exact) mass is 430 g/mol. The highest BCUT2D eigenvalue weighted by atomic mass is 79.9. The highest BCUT2D eigenvalue weighted by molar-refractivity contribution is 9.10. The van der Waals surface area contributed by atoms with Gasteiger partial charge in [0.15, 0.2) is 0 Å². The van der Waals surface area contributed by atoms with E-state index >= 15 is 0 Å². The predicted octanol–water partition coefficient (Wildman–Crippen LogP) is 5.98. The van der Waals surface area contributed by atoms with Crippen LogP contribution in [0.4, 0.5) is 13.2 Å². The van der Waals surface area contributed by atoms with E-state index in [1.807, 2.05) is 0 Å². The molecule has 0 heterocycles. The summed E-state index contributed by atoms with van der Waals surface area (Å²) in [5.41, 5.74) is 0.294. The summed E-state index contributed by atoms with van der Waals surface area (Å²) in [4.78, 5) is 11.6. The Bertz CT molecular complexity index is 794. The van der Waals surface area contributed by atoms with Crippen molar-refractivity contribution in [1.82, 2.24) is 0 Å². The zero-order chi connectivity index (χ0) is 19.3. The van der Waals surface area contributed by atoms with Crippen LogP contribution in [0.2, 0.25) is 0 Å². The SMILES string of the molecule is CCC(=O)Oc1cccc(Br)c1COc1cc(F)c(CC)cc1C(F)F. The number of aryl methyl sites for hydroxylation is 1. The molecule has 2 rings (SSSR count). The summed E-state index contributed by atoms with van der Waals surface area (Å²) in [6.07, 6.45) is -2.31. The van der Waals surface area contributed by atoms with Gasteiger partial charge in [-0.05, 0) is 30.2 Å². The number of ether oxygens (including phenoxy) is 2. The highest BCUT2D eigenvalue weighted by Gasteiger charge is 2.19. The number of benzene rings is 2. The molecule has 0 spiro atoms. The van der Waals surface area contributed by atoms with Crippen LogP contribution in [0.15, 0.2) is 34.8 Å². The number of carbonyl (C=O) groups is 1. The summed E-state index contributed by atoms with van der Waals surface area (Å²) in [5, 5.41) is 0. The zero-order valence-corrected chi connectivity index (χ0v) is 15.9. The first-order chi connectivity index (χ1) is 12.4. The number of hydrogen-bond donors (Lipinski definition) is 0. The number of alkyl halides is 2. The molecule has 2 aromatic carbocycles. The molecule has 7 heteroatoms. The molecule has 0 aliphatic rings. The molecule has 2 aromatic rings. The molecule has 0 radical (unpaired) electrons. The maximum atomic E-state index is 14.0. The summed E-state index contributed by atoms with van der Waals surface area (Å²) in [7, 11) is 0. The van der Waals surface area contributed by atoms with Crippen molar-refractivity contribution >= 4 is 21.9 Å². The lowest BCUT2D eigenvalue weighted by Gasteiger charge is -2.16. The van der Waals surface area contributed by atoms with Crippen LogP contribution >= 0.6 is 15.9 Å². The van der Waals surface area contributed by atoms with Crippen LogP contribution in [0.1, 0.15) is 43.4 Å². The lowest BCUT2D eigenvalue weighted by atomic mass is 10.1. The van der Waals surface area contributed by atoms with Crippen molar-refractivity contribution in [3.8, 4) is 11.5 Å². The van der Waals surface area contributed by atoms with Crippen molar-refractivity contribution in [3.05, 3.63) is 57.3 Å². The van der Waals surface area contributed by atoms with E-state index in [1.54, 1.807) is 32.0 Å². The van der Waals surface area contributed by atoms with Crippen LogP contribution in [0, 0.1) is 5.82 Å². The van der Waals surface area contributed by atoms with E-state index in [0.29, 0.717) is 16.5 Å². The Hall–Kier alpha value is -2.02. The maximum absolute atomic E-state index is 14.0. The van der Waals surface area contributed by atoms with Gasteiger partial charge in [-0.25, -0.2) is 13.2 Å². The molecule has 0 atom stereocenters. The van der Waals surface area contributed by atoms with Crippen molar-refractivity contribution in [1.29, 1.82) is 0 Å². The molecule has 0 N–H and O–H groups in total. The van der Waals surface area contributed by atoms with Crippen LogP contribution in [0.3, 0.4) is 0 Å². The smallest absolute Gasteiger partial charge is 0.310 e. The highest BCUT2D eigenvalue weighted by Crippen LogP contribution is 2.34. The fraction of sp³-hybridized carbons (Fsp3) is 0.316. The zero-order valence-electron chi connectivity index (χ0n) is 14.3. The van der Waals surface area contributed by atoms with Crippen molar-refractivity contribution in [2.45, 2.75) is 39.7 Å². The summed E-state index contributed by atoms with van der Waals surface area (Å²) in [6, 6.07) is 7.04. The number of rotatable bonds is 7. The summed E-state index contributed by atoms with van der Waals surface area (Å²) in [5.74, 6) is -1.01. The first-order valence-electron chi connectivity index (χ1n) is 8.08. The third-order valence-corrected chi connectivity index (χ3v) is 4.50. The Balaban J connectivity index is 2.32. The minimum Gasteiger partial charge on any atom is -0.488 e. The second kappa shape index (κ2) is 9.07. The standard InChI is InChI=1S/C19H18BrF3O3/c1-3-11-8-12(19(22)23)17(9-15(11)21)25-10-13-14(20)6-5-7-16(13)26-18(24)4-2/h5-9,19H,3-4,10H2,1-2H3. The van der Waals surface area contributed by atoms with Crippen LogP contribution in [-0.4, -0.2) is 5.97 Å². The first kappa shape index (κ1) is 20.3. The summed E-state index contributed by atoms with van der Waals surface area (Å²) in [6.45, 7) is 3.17. The molecule has 0 fully saturated rings. The average molecular weight is 431 g/mol. The van der Waals surface area contributed by atoms with Gasteiger partial charge in [0.1, 0.15) is 23.9 Å². The molecule has 0 aromatic heterocycles. The molecule has 3 nitrogen and oxygen atoms in total. The van der Waals surface area contributed by atoms with E-state index in [0.717, 1.165) is 12.1 Å². The van der Waals surface area contributed by atoms with Gasteiger partial charge in [0.2, 0.25) is 0 Å². The lowest BCUT2D eigenvalue weighted by molar-refractivity contribution is -0.134. The summed E-state index contributed by atoms with van der Waals surface area (Å²) >= 11 is 3.32. The molecule has 0 saturated heterocycles. The molecule has 0 amide bonds. The van der Waals surface area contributed by atoms with E-state index in [2.05, 4.69) is 15.9 Å². The molecule has 0 aliphatic carbocycles. The van der Waals surface area contributed by atoms with Crippen molar-refractivity contribution < 1.29 is 27.4 Å². The fourth-order valence-corrected chi connectivity index (χ4v) is 2.77.